The van der Waals surface area contributed by atoms with Crippen molar-refractivity contribution >= 4 is 5.69 Å². The van der Waals surface area contributed by atoms with Gasteiger partial charge in [-0.25, -0.2) is 0 Å². The molecular weight excluding hydrogens is 248 g/mol. The van der Waals surface area contributed by atoms with Crippen molar-refractivity contribution in [3.05, 3.63) is 29.8 Å². The predicted octanol–water partition coefficient (Wildman–Crippen LogP) is 2.96. The molecule has 0 spiro atoms. The molecule has 3 heteroatoms. The van der Waals surface area contributed by atoms with Gasteiger partial charge in [0.25, 0.3) is 0 Å². The van der Waals surface area contributed by atoms with E-state index < -0.39 is 0 Å². The van der Waals surface area contributed by atoms with Gasteiger partial charge in [0, 0.05) is 24.8 Å². The van der Waals surface area contributed by atoms with E-state index in [1.807, 2.05) is 0 Å². The molecule has 1 rings (SSSR count). The van der Waals surface area contributed by atoms with Gasteiger partial charge in [-0.05, 0) is 51.8 Å². The van der Waals surface area contributed by atoms with Gasteiger partial charge in [-0.1, -0.05) is 24.6 Å². The number of benzene rings is 1. The normalized spacial score (nSPS) is 14.1. The Morgan fingerprint density at radius 2 is 1.90 bits per heavy atom. The summed E-state index contributed by atoms with van der Waals surface area (Å²) < 4.78 is 0. The Labute approximate surface area is 124 Å². The van der Waals surface area contributed by atoms with E-state index in [2.05, 4.69) is 62.3 Å². The van der Waals surface area contributed by atoms with Crippen LogP contribution in [0.25, 0.3) is 0 Å². The Morgan fingerprint density at radius 3 is 2.45 bits per heavy atom. The van der Waals surface area contributed by atoms with Crippen molar-refractivity contribution in [1.29, 1.82) is 0 Å². The second kappa shape index (κ2) is 8.28. The van der Waals surface area contributed by atoms with E-state index in [0.29, 0.717) is 0 Å². The van der Waals surface area contributed by atoms with Gasteiger partial charge in [-0.15, -0.1) is 0 Å². The van der Waals surface area contributed by atoms with Crippen molar-refractivity contribution in [1.82, 2.24) is 5.32 Å². The summed E-state index contributed by atoms with van der Waals surface area (Å²) in [6.45, 7) is 8.53. The maximum atomic E-state index is 9.55. The predicted molar refractivity (Wildman–Crippen MR) is 87.5 cm³/mol. The van der Waals surface area contributed by atoms with Crippen LogP contribution in [0.1, 0.15) is 38.7 Å². The van der Waals surface area contributed by atoms with Crippen molar-refractivity contribution in [2.45, 2.75) is 45.6 Å². The molecule has 1 aromatic rings. The first-order valence-electron chi connectivity index (χ1n) is 7.64. The average Bonchev–Trinajstić information content (AvgIpc) is 2.45. The quantitative estimate of drug-likeness (QED) is 0.729. The second-order valence-electron chi connectivity index (χ2n) is 6.01. The molecule has 114 valence electrons. The van der Waals surface area contributed by atoms with Crippen molar-refractivity contribution in [2.24, 2.45) is 0 Å². The molecule has 2 N–H and O–H groups in total. The molecule has 0 aliphatic heterocycles. The van der Waals surface area contributed by atoms with Crippen LogP contribution in [0.3, 0.4) is 0 Å². The van der Waals surface area contributed by atoms with Gasteiger partial charge < -0.3 is 15.3 Å². The maximum Gasteiger partial charge on any atom is 0.0610 e. The first-order valence-corrected chi connectivity index (χ1v) is 7.64. The lowest BCUT2D eigenvalue weighted by Crippen LogP contribution is -2.46. The first-order chi connectivity index (χ1) is 9.50. The number of nitrogens with zero attached hydrogens (tertiary/aromatic N) is 1. The molecule has 0 radical (unpaired) electrons. The van der Waals surface area contributed by atoms with E-state index in [0.717, 1.165) is 32.4 Å². The van der Waals surface area contributed by atoms with Gasteiger partial charge in [0.1, 0.15) is 0 Å². The summed E-state index contributed by atoms with van der Waals surface area (Å²) >= 11 is 0. The lowest BCUT2D eigenvalue weighted by molar-refractivity contribution is 0.164. The molecule has 0 bridgehead atoms. The number of hydrogen-bond donors (Lipinski definition) is 2. The van der Waals surface area contributed by atoms with Crippen LogP contribution in [0.2, 0.25) is 0 Å². The third-order valence-corrected chi connectivity index (χ3v) is 3.85. The van der Waals surface area contributed by atoms with Crippen LogP contribution < -0.4 is 10.2 Å². The lowest BCUT2D eigenvalue weighted by Gasteiger charge is -2.30. The fourth-order valence-corrected chi connectivity index (χ4v) is 2.28. The standard InChI is InChI=1S/C17H30N2O/c1-5-12-18-17(3,14-20)11-6-13-19(4)16-9-7-15(2)8-10-16/h7-10,18,20H,5-6,11-14H2,1-4H3. The number of aliphatic hydroxyl groups excluding tert-OH is 1. The molecule has 0 aliphatic carbocycles. The fourth-order valence-electron chi connectivity index (χ4n) is 2.28. The molecule has 0 saturated carbocycles. The second-order valence-corrected chi connectivity index (χ2v) is 6.01. The number of hydrogen-bond acceptors (Lipinski definition) is 3. The van der Waals surface area contributed by atoms with Crippen molar-refractivity contribution in [2.75, 3.05) is 31.6 Å². The highest BCUT2D eigenvalue weighted by Crippen LogP contribution is 2.16. The first kappa shape index (κ1) is 17.0. The minimum atomic E-state index is -0.149. The fraction of sp³-hybridized carbons (Fsp3) is 0.647. The molecule has 0 amide bonds. The van der Waals surface area contributed by atoms with Gasteiger partial charge in [0.2, 0.25) is 0 Å². The Kier molecular flexibility index (Phi) is 7.03. The SMILES string of the molecule is CCCNC(C)(CO)CCCN(C)c1ccc(C)cc1. The molecule has 1 atom stereocenters. The van der Waals surface area contributed by atoms with Crippen LogP contribution >= 0.6 is 0 Å². The zero-order chi connectivity index (χ0) is 15.0. The van der Waals surface area contributed by atoms with Gasteiger partial charge in [-0.2, -0.15) is 0 Å². The van der Waals surface area contributed by atoms with E-state index >= 15 is 0 Å². The topological polar surface area (TPSA) is 35.5 Å². The highest BCUT2D eigenvalue weighted by molar-refractivity contribution is 5.46. The van der Waals surface area contributed by atoms with Crippen molar-refractivity contribution in [3.8, 4) is 0 Å². The highest BCUT2D eigenvalue weighted by Gasteiger charge is 2.21. The number of rotatable bonds is 9. The number of anilines is 1. The zero-order valence-electron chi connectivity index (χ0n) is 13.4. The third-order valence-electron chi connectivity index (χ3n) is 3.85. The van der Waals surface area contributed by atoms with Gasteiger partial charge >= 0.3 is 0 Å². The summed E-state index contributed by atoms with van der Waals surface area (Å²) in [5.74, 6) is 0. The van der Waals surface area contributed by atoms with E-state index in [4.69, 9.17) is 0 Å². The van der Waals surface area contributed by atoms with Crippen LogP contribution in [0.5, 0.6) is 0 Å². The molecule has 1 unspecified atom stereocenters. The molecule has 0 aliphatic rings. The van der Waals surface area contributed by atoms with Crippen LogP contribution in [-0.2, 0) is 0 Å². The molecule has 1 aromatic carbocycles. The monoisotopic (exact) mass is 278 g/mol. The summed E-state index contributed by atoms with van der Waals surface area (Å²) in [5.41, 5.74) is 2.39. The van der Waals surface area contributed by atoms with Crippen LogP contribution in [0, 0.1) is 6.92 Å². The summed E-state index contributed by atoms with van der Waals surface area (Å²) in [4.78, 5) is 2.27. The lowest BCUT2D eigenvalue weighted by atomic mass is 9.96. The number of aryl methyl sites for hydroxylation is 1. The molecule has 0 heterocycles. The Bertz CT molecular complexity index is 377. The van der Waals surface area contributed by atoms with Crippen molar-refractivity contribution in [3.63, 3.8) is 0 Å². The van der Waals surface area contributed by atoms with Gasteiger partial charge in [0.15, 0.2) is 0 Å². The Hall–Kier alpha value is -1.06. The highest BCUT2D eigenvalue weighted by atomic mass is 16.3. The number of aliphatic hydroxyl groups is 1. The van der Waals surface area contributed by atoms with E-state index in [9.17, 15) is 5.11 Å². The minimum Gasteiger partial charge on any atom is -0.394 e. The van der Waals surface area contributed by atoms with Crippen LogP contribution in [0.15, 0.2) is 24.3 Å². The summed E-state index contributed by atoms with van der Waals surface area (Å²) in [7, 11) is 2.13. The maximum absolute atomic E-state index is 9.55. The van der Waals surface area contributed by atoms with Gasteiger partial charge in [0.05, 0.1) is 6.61 Å². The molecule has 0 saturated heterocycles. The largest absolute Gasteiger partial charge is 0.394 e. The summed E-state index contributed by atoms with van der Waals surface area (Å²) in [6.07, 6.45) is 3.15. The number of nitrogens with one attached hydrogen (secondary N) is 1. The van der Waals surface area contributed by atoms with Crippen LogP contribution in [-0.4, -0.2) is 37.4 Å². The van der Waals surface area contributed by atoms with Crippen molar-refractivity contribution < 1.29 is 5.11 Å². The third kappa shape index (κ3) is 5.51. The van der Waals surface area contributed by atoms with E-state index in [-0.39, 0.29) is 12.1 Å². The Morgan fingerprint density at radius 1 is 1.25 bits per heavy atom. The van der Waals surface area contributed by atoms with Crippen LogP contribution in [0.4, 0.5) is 5.69 Å². The summed E-state index contributed by atoms with van der Waals surface area (Å²) in [5, 5.41) is 13.0. The summed E-state index contributed by atoms with van der Waals surface area (Å²) in [6, 6.07) is 8.62. The minimum absolute atomic E-state index is 0.149. The zero-order valence-corrected chi connectivity index (χ0v) is 13.4. The van der Waals surface area contributed by atoms with E-state index in [1.165, 1.54) is 11.3 Å². The molecule has 20 heavy (non-hydrogen) atoms. The molecular formula is C17H30N2O. The average molecular weight is 278 g/mol. The van der Waals surface area contributed by atoms with Gasteiger partial charge in [-0.3, -0.25) is 0 Å². The molecule has 3 nitrogen and oxygen atoms in total. The smallest absolute Gasteiger partial charge is 0.0610 e. The molecule has 0 fully saturated rings. The Balaban J connectivity index is 2.40. The van der Waals surface area contributed by atoms with E-state index in [1.54, 1.807) is 0 Å². The molecule has 0 aromatic heterocycles.